The Kier molecular flexibility index (Phi) is 3.44. The van der Waals surface area contributed by atoms with Crippen molar-refractivity contribution < 1.29 is 0 Å². The molecule has 12 heavy (non-hydrogen) atoms. The minimum absolute atomic E-state index is 0.205. The van der Waals surface area contributed by atoms with Crippen LogP contribution in [0.25, 0.3) is 0 Å². The molecule has 0 aliphatic heterocycles. The molecule has 0 aromatic heterocycles. The molecule has 0 fully saturated rings. The molecule has 1 aromatic rings. The number of rotatable bonds is 2. The van der Waals surface area contributed by atoms with Crippen LogP contribution < -0.4 is 5.32 Å². The van der Waals surface area contributed by atoms with Crippen molar-refractivity contribution in [1.29, 1.82) is 0 Å². The van der Waals surface area contributed by atoms with Gasteiger partial charge in [0.25, 0.3) is 0 Å². The van der Waals surface area contributed by atoms with Crippen molar-refractivity contribution in [1.82, 2.24) is 5.32 Å². The molecule has 1 N–H and O–H groups in total. The van der Waals surface area contributed by atoms with Crippen LogP contribution in [0.2, 0.25) is 0 Å². The number of hydrogen-bond acceptors (Lipinski definition) is 2. The Balaban J connectivity index is 2.65. The molecule has 0 saturated heterocycles. The Morgan fingerprint density at radius 3 is 2.50 bits per heavy atom. The van der Waals surface area contributed by atoms with E-state index in [0.29, 0.717) is 4.32 Å². The van der Waals surface area contributed by atoms with Gasteiger partial charge < -0.3 is 30.2 Å². The first kappa shape index (κ1) is 9.42. The van der Waals surface area contributed by atoms with Crippen molar-refractivity contribution in [3.63, 3.8) is 0 Å². The second kappa shape index (κ2) is 4.38. The van der Waals surface area contributed by atoms with Gasteiger partial charge in [0, 0.05) is 6.04 Å². The largest absolute Gasteiger partial charge is 0.412 e. The third-order valence-electron chi connectivity index (χ3n) is 1.63. The third-order valence-corrected chi connectivity index (χ3v) is 1.87. The summed E-state index contributed by atoms with van der Waals surface area (Å²) in [6.45, 7) is 2.04. The Hall–Kier alpha value is -0.670. The van der Waals surface area contributed by atoms with Gasteiger partial charge in [-0.15, -0.1) is 0 Å². The standard InChI is InChI=1S/C9H11NS2/c1-7(10-9(11)12)8-5-3-2-4-6-8/h2-7H,1H3,(H2,10,11,12)/p-1/t7-/m0/s1. The molecule has 64 valence electrons. The molecule has 0 bridgehead atoms. The van der Waals surface area contributed by atoms with Crippen LogP contribution in [0.1, 0.15) is 18.5 Å². The van der Waals surface area contributed by atoms with E-state index in [1.807, 2.05) is 37.3 Å². The lowest BCUT2D eigenvalue weighted by Crippen LogP contribution is -2.22. The number of nitrogens with one attached hydrogen (secondary N) is 1. The van der Waals surface area contributed by atoms with Gasteiger partial charge in [0.05, 0.1) is 0 Å². The van der Waals surface area contributed by atoms with Gasteiger partial charge in [0.2, 0.25) is 0 Å². The summed E-state index contributed by atoms with van der Waals surface area (Å²) in [6.07, 6.45) is 0. The highest BCUT2D eigenvalue weighted by Crippen LogP contribution is 2.10. The summed E-state index contributed by atoms with van der Waals surface area (Å²) in [5.41, 5.74) is 1.20. The first-order valence-corrected chi connectivity index (χ1v) is 4.54. The maximum absolute atomic E-state index is 4.78. The van der Waals surface area contributed by atoms with Crippen molar-refractivity contribution in [3.05, 3.63) is 35.9 Å². The van der Waals surface area contributed by atoms with Crippen LogP contribution in [0.15, 0.2) is 30.3 Å². The van der Waals surface area contributed by atoms with Crippen LogP contribution in [0.4, 0.5) is 0 Å². The van der Waals surface area contributed by atoms with Crippen molar-refractivity contribution >= 4 is 29.2 Å². The van der Waals surface area contributed by atoms with Crippen molar-refractivity contribution in [2.24, 2.45) is 0 Å². The zero-order valence-corrected chi connectivity index (χ0v) is 8.41. The SMILES string of the molecule is C[C@H](NC(=S)[S-])c1ccccc1. The summed E-state index contributed by atoms with van der Waals surface area (Å²) in [5.74, 6) is 0. The first-order chi connectivity index (χ1) is 5.70. The fourth-order valence-corrected chi connectivity index (χ4v) is 1.36. The lowest BCUT2D eigenvalue weighted by Gasteiger charge is -2.17. The molecule has 1 atom stereocenters. The van der Waals surface area contributed by atoms with Crippen LogP contribution in [-0.4, -0.2) is 4.32 Å². The summed E-state index contributed by atoms with van der Waals surface area (Å²) in [4.78, 5) is 0. The lowest BCUT2D eigenvalue weighted by molar-refractivity contribution is 0.730. The van der Waals surface area contributed by atoms with E-state index in [2.05, 4.69) is 5.32 Å². The molecule has 0 aliphatic rings. The monoisotopic (exact) mass is 196 g/mol. The minimum Gasteiger partial charge on any atom is -0.412 e. The zero-order valence-electron chi connectivity index (χ0n) is 6.78. The summed E-state index contributed by atoms with van der Waals surface area (Å²) < 4.78 is 0.423. The molecule has 0 heterocycles. The molecule has 0 spiro atoms. The predicted octanol–water partition coefficient (Wildman–Crippen LogP) is 2.17. The highest BCUT2D eigenvalue weighted by atomic mass is 32.1. The van der Waals surface area contributed by atoms with Gasteiger partial charge in [0.15, 0.2) is 0 Å². The van der Waals surface area contributed by atoms with Crippen LogP contribution >= 0.6 is 12.2 Å². The number of thiocarbonyl (C=S) groups is 1. The Labute approximate surface area is 83.6 Å². The van der Waals surface area contributed by atoms with E-state index in [1.165, 1.54) is 5.56 Å². The van der Waals surface area contributed by atoms with E-state index in [4.69, 9.17) is 24.8 Å². The van der Waals surface area contributed by atoms with Crippen LogP contribution in [0.5, 0.6) is 0 Å². The first-order valence-electron chi connectivity index (χ1n) is 3.72. The average molecular weight is 196 g/mol. The van der Waals surface area contributed by atoms with Crippen LogP contribution in [0.3, 0.4) is 0 Å². The van der Waals surface area contributed by atoms with Gasteiger partial charge in [-0.3, -0.25) is 0 Å². The summed E-state index contributed by atoms with van der Waals surface area (Å²) in [7, 11) is 0. The van der Waals surface area contributed by atoms with Crippen molar-refractivity contribution in [2.45, 2.75) is 13.0 Å². The molecule has 0 aliphatic carbocycles. The number of hydrogen-bond donors (Lipinski definition) is 1. The maximum Gasteiger partial charge on any atom is 0.0470 e. The summed E-state index contributed by atoms with van der Waals surface area (Å²) in [5, 5.41) is 3.01. The quantitative estimate of drug-likeness (QED) is 0.575. The van der Waals surface area contributed by atoms with E-state index in [0.717, 1.165) is 0 Å². The molecule has 1 aromatic carbocycles. The smallest absolute Gasteiger partial charge is 0.0470 e. The van der Waals surface area contributed by atoms with Crippen molar-refractivity contribution in [2.75, 3.05) is 0 Å². The molecule has 1 rings (SSSR count). The summed E-state index contributed by atoms with van der Waals surface area (Å²) >= 11 is 9.55. The predicted molar refractivity (Wildman–Crippen MR) is 58.0 cm³/mol. The van der Waals surface area contributed by atoms with Gasteiger partial charge in [0.1, 0.15) is 0 Å². The van der Waals surface area contributed by atoms with E-state index >= 15 is 0 Å². The van der Waals surface area contributed by atoms with E-state index in [-0.39, 0.29) is 6.04 Å². The molecule has 0 unspecified atom stereocenters. The molecule has 3 heteroatoms. The highest BCUT2D eigenvalue weighted by Gasteiger charge is 2.00. The van der Waals surface area contributed by atoms with Gasteiger partial charge in [-0.05, 0) is 12.5 Å². The molecule has 1 nitrogen and oxygen atoms in total. The minimum atomic E-state index is 0.205. The van der Waals surface area contributed by atoms with Gasteiger partial charge >= 0.3 is 0 Å². The molecular weight excluding hydrogens is 186 g/mol. The average Bonchev–Trinajstić information content (AvgIpc) is 2.05. The lowest BCUT2D eigenvalue weighted by atomic mass is 10.1. The Bertz CT molecular complexity index is 258. The van der Waals surface area contributed by atoms with E-state index in [9.17, 15) is 0 Å². The molecule has 0 amide bonds. The summed E-state index contributed by atoms with van der Waals surface area (Å²) in [6, 6.07) is 10.3. The number of benzene rings is 1. The molecule has 0 radical (unpaired) electrons. The second-order valence-electron chi connectivity index (χ2n) is 2.56. The topological polar surface area (TPSA) is 12.0 Å². The van der Waals surface area contributed by atoms with Crippen LogP contribution in [-0.2, 0) is 12.6 Å². The molecular formula is C9H10NS2-. The van der Waals surface area contributed by atoms with E-state index in [1.54, 1.807) is 0 Å². The fraction of sp³-hybridized carbons (Fsp3) is 0.222. The molecule has 0 saturated carbocycles. The van der Waals surface area contributed by atoms with Gasteiger partial charge in [-0.1, -0.05) is 34.7 Å². The zero-order chi connectivity index (χ0) is 8.97. The van der Waals surface area contributed by atoms with Gasteiger partial charge in [-0.2, -0.15) is 0 Å². The van der Waals surface area contributed by atoms with E-state index < -0.39 is 0 Å². The normalized spacial score (nSPS) is 12.1. The van der Waals surface area contributed by atoms with Crippen molar-refractivity contribution in [3.8, 4) is 0 Å². The highest BCUT2D eigenvalue weighted by molar-refractivity contribution is 8.00. The maximum atomic E-state index is 4.78. The fourth-order valence-electron chi connectivity index (χ4n) is 1.00. The Morgan fingerprint density at radius 1 is 1.42 bits per heavy atom. The third kappa shape index (κ3) is 2.75. The Morgan fingerprint density at radius 2 is 2.00 bits per heavy atom. The van der Waals surface area contributed by atoms with Crippen LogP contribution in [0, 0.1) is 0 Å². The second-order valence-corrected chi connectivity index (χ2v) is 3.64. The van der Waals surface area contributed by atoms with Gasteiger partial charge in [-0.25, -0.2) is 0 Å².